The molecule has 0 saturated carbocycles. The van der Waals surface area contributed by atoms with Crippen LogP contribution in [0.25, 0.3) is 6.08 Å². The summed E-state index contributed by atoms with van der Waals surface area (Å²) in [6.07, 6.45) is 2.14. The highest BCUT2D eigenvalue weighted by atomic mass is 16.7. The molecular weight excluding hydrogens is 287 g/mol. The lowest BCUT2D eigenvalue weighted by molar-refractivity contribution is 0.00578. The first-order valence-corrected chi connectivity index (χ1v) is 8.15. The van der Waals surface area contributed by atoms with Gasteiger partial charge in [-0.1, -0.05) is 18.2 Å². The molecule has 23 heavy (non-hydrogen) atoms. The van der Waals surface area contributed by atoms with Crippen molar-refractivity contribution in [2.75, 3.05) is 19.3 Å². The minimum Gasteiger partial charge on any atom is -0.400 e. The third-order valence-electron chi connectivity index (χ3n) is 4.90. The van der Waals surface area contributed by atoms with Gasteiger partial charge in [0.2, 0.25) is 0 Å². The van der Waals surface area contributed by atoms with Gasteiger partial charge in [-0.05, 0) is 70.8 Å². The number of rotatable bonds is 4. The Balaban J connectivity index is 2.36. The second-order valence-corrected chi connectivity index (χ2v) is 7.41. The summed E-state index contributed by atoms with van der Waals surface area (Å²) in [5, 5.41) is 3.21. The first-order valence-electron chi connectivity index (χ1n) is 8.15. The lowest BCUT2D eigenvalue weighted by atomic mass is 9.77. The molecule has 1 heterocycles. The Hall–Kier alpha value is -1.30. The van der Waals surface area contributed by atoms with Gasteiger partial charge < -0.3 is 20.4 Å². The predicted molar refractivity (Wildman–Crippen MR) is 98.3 cm³/mol. The first-order chi connectivity index (χ1) is 10.6. The number of nitrogens with one attached hydrogen (secondary N) is 1. The van der Waals surface area contributed by atoms with Crippen molar-refractivity contribution in [1.29, 1.82) is 0 Å². The highest BCUT2D eigenvalue weighted by Crippen LogP contribution is 2.38. The molecule has 126 valence electrons. The molecule has 2 rings (SSSR count). The monoisotopic (exact) mass is 316 g/mol. The Morgan fingerprint density at radius 2 is 1.61 bits per heavy atom. The van der Waals surface area contributed by atoms with Crippen molar-refractivity contribution in [2.24, 2.45) is 0 Å². The standard InChI is InChI=1S/C18H29BN2O2/c1-12-8-14(9-13(2)16(12)20)10-15(11-21-7)19-22-17(3,4)18(5,6)23-19/h8-10,21H,11,20H2,1-7H3. The smallest absolute Gasteiger partial charge is 0.400 e. The van der Waals surface area contributed by atoms with E-state index in [4.69, 9.17) is 15.0 Å². The average molecular weight is 316 g/mol. The molecule has 0 amide bonds. The molecule has 0 unspecified atom stereocenters. The van der Waals surface area contributed by atoms with Crippen LogP contribution in [0, 0.1) is 13.8 Å². The van der Waals surface area contributed by atoms with E-state index in [2.05, 4.69) is 51.2 Å². The zero-order valence-corrected chi connectivity index (χ0v) is 15.4. The van der Waals surface area contributed by atoms with Crippen molar-refractivity contribution < 1.29 is 9.31 Å². The number of nitrogens with two attached hydrogens (primary N) is 1. The van der Waals surface area contributed by atoms with E-state index in [9.17, 15) is 0 Å². The Bertz CT molecular complexity index is 584. The minimum atomic E-state index is -0.342. The molecule has 4 nitrogen and oxygen atoms in total. The van der Waals surface area contributed by atoms with Gasteiger partial charge in [0.15, 0.2) is 0 Å². The number of hydrogen-bond donors (Lipinski definition) is 2. The number of likely N-dealkylation sites (N-methyl/N-ethyl adjacent to an activating group) is 1. The molecule has 1 aromatic carbocycles. The third-order valence-corrected chi connectivity index (χ3v) is 4.90. The van der Waals surface area contributed by atoms with Crippen LogP contribution in [0.4, 0.5) is 5.69 Å². The van der Waals surface area contributed by atoms with Crippen LogP contribution in [0.15, 0.2) is 17.6 Å². The highest BCUT2D eigenvalue weighted by molar-refractivity contribution is 6.55. The summed E-state index contributed by atoms with van der Waals surface area (Å²) in [5.74, 6) is 0. The van der Waals surface area contributed by atoms with E-state index in [-0.39, 0.29) is 18.3 Å². The summed E-state index contributed by atoms with van der Waals surface area (Å²) in [4.78, 5) is 0. The molecule has 1 saturated heterocycles. The van der Waals surface area contributed by atoms with Crippen LogP contribution < -0.4 is 11.1 Å². The summed E-state index contributed by atoms with van der Waals surface area (Å²) >= 11 is 0. The van der Waals surface area contributed by atoms with Gasteiger partial charge in [0.1, 0.15) is 0 Å². The van der Waals surface area contributed by atoms with Gasteiger partial charge in [0, 0.05) is 12.2 Å². The van der Waals surface area contributed by atoms with E-state index in [1.165, 1.54) is 0 Å². The van der Waals surface area contributed by atoms with E-state index in [1.807, 2.05) is 20.9 Å². The quantitative estimate of drug-likeness (QED) is 0.662. The Morgan fingerprint density at radius 3 is 2.04 bits per heavy atom. The minimum absolute atomic E-state index is 0.336. The van der Waals surface area contributed by atoms with Gasteiger partial charge in [-0.25, -0.2) is 0 Å². The summed E-state index contributed by atoms with van der Waals surface area (Å²) < 4.78 is 12.4. The fourth-order valence-electron chi connectivity index (χ4n) is 2.71. The maximum absolute atomic E-state index is 6.18. The van der Waals surface area contributed by atoms with E-state index in [0.29, 0.717) is 6.54 Å². The Morgan fingerprint density at radius 1 is 1.13 bits per heavy atom. The van der Waals surface area contributed by atoms with Crippen molar-refractivity contribution in [3.05, 3.63) is 34.3 Å². The van der Waals surface area contributed by atoms with Crippen LogP contribution in [0.3, 0.4) is 0 Å². The van der Waals surface area contributed by atoms with E-state index in [0.717, 1.165) is 27.9 Å². The fourth-order valence-corrected chi connectivity index (χ4v) is 2.71. The second-order valence-electron chi connectivity index (χ2n) is 7.41. The lowest BCUT2D eigenvalue weighted by Gasteiger charge is -2.32. The van der Waals surface area contributed by atoms with Crippen molar-refractivity contribution in [3.8, 4) is 0 Å². The van der Waals surface area contributed by atoms with Crippen LogP contribution in [0.2, 0.25) is 0 Å². The van der Waals surface area contributed by atoms with Gasteiger partial charge in [-0.3, -0.25) is 0 Å². The van der Waals surface area contributed by atoms with Gasteiger partial charge in [0.25, 0.3) is 0 Å². The highest BCUT2D eigenvalue weighted by Gasteiger charge is 2.52. The normalized spacial score (nSPS) is 20.1. The largest absolute Gasteiger partial charge is 0.491 e. The maximum atomic E-state index is 6.18. The Labute approximate surface area is 140 Å². The lowest BCUT2D eigenvalue weighted by Crippen LogP contribution is -2.41. The van der Waals surface area contributed by atoms with Crippen LogP contribution in [0.1, 0.15) is 44.4 Å². The second kappa shape index (κ2) is 6.31. The topological polar surface area (TPSA) is 56.5 Å². The summed E-state index contributed by atoms with van der Waals surface area (Å²) in [6.45, 7) is 13.1. The molecule has 1 aliphatic heterocycles. The SMILES string of the molecule is CNCC(=Cc1cc(C)c(N)c(C)c1)B1OC(C)(C)C(C)(C)O1. The molecule has 1 aliphatic rings. The van der Waals surface area contributed by atoms with Crippen molar-refractivity contribution in [2.45, 2.75) is 52.7 Å². The molecule has 3 N–H and O–H groups in total. The molecular formula is C18H29BN2O2. The van der Waals surface area contributed by atoms with Gasteiger partial charge in [-0.2, -0.15) is 0 Å². The van der Waals surface area contributed by atoms with Crippen molar-refractivity contribution in [1.82, 2.24) is 5.32 Å². The van der Waals surface area contributed by atoms with Crippen LogP contribution in [-0.4, -0.2) is 31.9 Å². The number of hydrogen-bond acceptors (Lipinski definition) is 4. The average Bonchev–Trinajstić information content (AvgIpc) is 2.64. The molecule has 1 aromatic rings. The number of anilines is 1. The first kappa shape index (κ1) is 18.0. The summed E-state index contributed by atoms with van der Waals surface area (Å²) in [5.41, 5.74) is 10.6. The molecule has 0 atom stereocenters. The van der Waals surface area contributed by atoms with Gasteiger partial charge >= 0.3 is 7.12 Å². The molecule has 5 heteroatoms. The fraction of sp³-hybridized carbons (Fsp3) is 0.556. The number of benzene rings is 1. The van der Waals surface area contributed by atoms with E-state index >= 15 is 0 Å². The molecule has 0 radical (unpaired) electrons. The van der Waals surface area contributed by atoms with Gasteiger partial charge in [-0.15, -0.1) is 0 Å². The van der Waals surface area contributed by atoms with Crippen LogP contribution >= 0.6 is 0 Å². The van der Waals surface area contributed by atoms with Crippen LogP contribution in [0.5, 0.6) is 0 Å². The molecule has 1 fully saturated rings. The number of nitrogen functional groups attached to an aromatic ring is 1. The van der Waals surface area contributed by atoms with Crippen LogP contribution in [-0.2, 0) is 9.31 Å². The zero-order chi connectivity index (χ0) is 17.4. The third kappa shape index (κ3) is 3.62. The summed E-state index contributed by atoms with van der Waals surface area (Å²) in [6, 6.07) is 4.20. The predicted octanol–water partition coefficient (Wildman–Crippen LogP) is 3.12. The number of aryl methyl sites for hydroxylation is 2. The molecule has 0 aliphatic carbocycles. The summed E-state index contributed by atoms with van der Waals surface area (Å²) in [7, 11) is 1.59. The molecule has 0 bridgehead atoms. The molecule has 0 aromatic heterocycles. The zero-order valence-electron chi connectivity index (χ0n) is 15.4. The maximum Gasteiger partial charge on any atom is 0.491 e. The molecule has 0 spiro atoms. The van der Waals surface area contributed by atoms with Crippen molar-refractivity contribution >= 4 is 18.9 Å². The van der Waals surface area contributed by atoms with E-state index in [1.54, 1.807) is 0 Å². The van der Waals surface area contributed by atoms with Crippen molar-refractivity contribution in [3.63, 3.8) is 0 Å². The van der Waals surface area contributed by atoms with E-state index < -0.39 is 0 Å². The Kier molecular flexibility index (Phi) is 4.95. The van der Waals surface area contributed by atoms with Gasteiger partial charge in [0.05, 0.1) is 11.2 Å².